The van der Waals surface area contributed by atoms with Gasteiger partial charge in [0.15, 0.2) is 0 Å². The SMILES string of the molecule is CCN(CC(=O)NC)C(=O)c1ccc(N)cc1N. The van der Waals surface area contributed by atoms with Crippen LogP contribution >= 0.6 is 0 Å². The van der Waals surface area contributed by atoms with Crippen molar-refractivity contribution < 1.29 is 9.59 Å². The van der Waals surface area contributed by atoms with E-state index in [0.717, 1.165) is 0 Å². The molecule has 0 saturated carbocycles. The van der Waals surface area contributed by atoms with Gasteiger partial charge in [0.2, 0.25) is 5.91 Å². The van der Waals surface area contributed by atoms with Crippen LogP contribution in [-0.4, -0.2) is 36.9 Å². The van der Waals surface area contributed by atoms with Gasteiger partial charge in [-0.2, -0.15) is 0 Å². The standard InChI is InChI=1S/C12H18N4O2/c1-3-16(7-11(17)15-2)12(18)9-5-4-8(13)6-10(9)14/h4-6H,3,7,13-14H2,1-2H3,(H,15,17). The summed E-state index contributed by atoms with van der Waals surface area (Å²) in [7, 11) is 1.53. The third kappa shape index (κ3) is 3.13. The topological polar surface area (TPSA) is 101 Å². The minimum absolute atomic E-state index is 0.00957. The molecule has 0 heterocycles. The number of nitrogens with zero attached hydrogens (tertiary/aromatic N) is 1. The molecule has 0 aromatic heterocycles. The van der Waals surface area contributed by atoms with Crippen LogP contribution in [0.2, 0.25) is 0 Å². The first-order chi connectivity index (χ1) is 8.49. The minimum atomic E-state index is -0.279. The van der Waals surface area contributed by atoms with Crippen molar-refractivity contribution in [3.63, 3.8) is 0 Å². The van der Waals surface area contributed by atoms with Crippen molar-refractivity contribution in [2.75, 3.05) is 31.6 Å². The van der Waals surface area contributed by atoms with Crippen LogP contribution in [0.1, 0.15) is 17.3 Å². The van der Waals surface area contributed by atoms with Crippen molar-refractivity contribution in [3.05, 3.63) is 23.8 Å². The quantitative estimate of drug-likeness (QED) is 0.657. The van der Waals surface area contributed by atoms with E-state index in [1.807, 2.05) is 0 Å². The molecule has 2 amide bonds. The van der Waals surface area contributed by atoms with Crippen LogP contribution in [-0.2, 0) is 4.79 Å². The van der Waals surface area contributed by atoms with E-state index in [4.69, 9.17) is 11.5 Å². The zero-order valence-electron chi connectivity index (χ0n) is 10.6. The second-order valence-corrected chi connectivity index (χ2v) is 3.84. The fourth-order valence-electron chi connectivity index (χ4n) is 1.53. The molecule has 0 aliphatic rings. The molecule has 98 valence electrons. The number of rotatable bonds is 4. The lowest BCUT2D eigenvalue weighted by Gasteiger charge is -2.20. The smallest absolute Gasteiger partial charge is 0.256 e. The number of likely N-dealkylation sites (N-methyl/N-ethyl adjacent to an activating group) is 2. The van der Waals surface area contributed by atoms with Crippen molar-refractivity contribution in [1.82, 2.24) is 10.2 Å². The molecule has 18 heavy (non-hydrogen) atoms. The van der Waals surface area contributed by atoms with Crippen molar-refractivity contribution in [2.45, 2.75) is 6.92 Å². The van der Waals surface area contributed by atoms with Gasteiger partial charge in [0, 0.05) is 25.0 Å². The molecule has 1 aromatic rings. The Hall–Kier alpha value is -2.24. The summed E-state index contributed by atoms with van der Waals surface area (Å²) in [5.74, 6) is -0.502. The Kier molecular flexibility index (Phi) is 4.53. The number of hydrogen-bond donors (Lipinski definition) is 3. The maximum Gasteiger partial charge on any atom is 0.256 e. The summed E-state index contributed by atoms with van der Waals surface area (Å²) in [6.45, 7) is 2.24. The summed E-state index contributed by atoms with van der Waals surface area (Å²) < 4.78 is 0. The van der Waals surface area contributed by atoms with Gasteiger partial charge < -0.3 is 21.7 Å². The highest BCUT2D eigenvalue weighted by molar-refractivity contribution is 6.01. The fourth-order valence-corrected chi connectivity index (χ4v) is 1.53. The van der Waals surface area contributed by atoms with Crippen LogP contribution in [0.15, 0.2) is 18.2 Å². The molecule has 6 heteroatoms. The van der Waals surface area contributed by atoms with E-state index in [9.17, 15) is 9.59 Å². The summed E-state index contributed by atoms with van der Waals surface area (Å²) in [4.78, 5) is 24.9. The van der Waals surface area contributed by atoms with E-state index >= 15 is 0 Å². The molecule has 0 aliphatic heterocycles. The van der Waals surface area contributed by atoms with Gasteiger partial charge in [0.1, 0.15) is 0 Å². The number of benzene rings is 1. The Morgan fingerprint density at radius 3 is 2.50 bits per heavy atom. The number of hydrogen-bond acceptors (Lipinski definition) is 4. The first kappa shape index (κ1) is 13.8. The monoisotopic (exact) mass is 250 g/mol. The summed E-state index contributed by atoms with van der Waals surface area (Å²) in [6, 6.07) is 4.71. The second-order valence-electron chi connectivity index (χ2n) is 3.84. The lowest BCUT2D eigenvalue weighted by molar-refractivity contribution is -0.121. The zero-order chi connectivity index (χ0) is 13.7. The van der Waals surface area contributed by atoms with Crippen molar-refractivity contribution in [1.29, 1.82) is 0 Å². The Bertz CT molecular complexity index is 459. The van der Waals surface area contributed by atoms with Crippen LogP contribution in [0.25, 0.3) is 0 Å². The largest absolute Gasteiger partial charge is 0.399 e. The predicted octanol–water partition coefficient (Wildman–Crippen LogP) is 0.0591. The highest BCUT2D eigenvalue weighted by Crippen LogP contribution is 2.17. The number of carbonyl (C=O) groups is 2. The maximum absolute atomic E-state index is 12.2. The second kappa shape index (κ2) is 5.90. The van der Waals surface area contributed by atoms with Gasteiger partial charge in [0.25, 0.3) is 5.91 Å². The van der Waals surface area contributed by atoms with E-state index in [1.165, 1.54) is 18.0 Å². The van der Waals surface area contributed by atoms with Crippen molar-refractivity contribution in [2.24, 2.45) is 0 Å². The highest BCUT2D eigenvalue weighted by atomic mass is 16.2. The molecule has 0 saturated heterocycles. The van der Waals surface area contributed by atoms with E-state index in [2.05, 4.69) is 5.32 Å². The first-order valence-corrected chi connectivity index (χ1v) is 5.64. The Labute approximate surface area is 106 Å². The summed E-state index contributed by atoms with van der Waals surface area (Å²) in [6.07, 6.45) is 0. The molecule has 0 aliphatic carbocycles. The van der Waals surface area contributed by atoms with Gasteiger partial charge in [-0.3, -0.25) is 9.59 Å². The van der Waals surface area contributed by atoms with Gasteiger partial charge in [-0.25, -0.2) is 0 Å². The van der Waals surface area contributed by atoms with Gasteiger partial charge in [-0.15, -0.1) is 0 Å². The number of nitrogen functional groups attached to an aromatic ring is 2. The van der Waals surface area contributed by atoms with E-state index < -0.39 is 0 Å². The minimum Gasteiger partial charge on any atom is -0.399 e. The van der Waals surface area contributed by atoms with Crippen LogP contribution in [0, 0.1) is 0 Å². The number of nitrogens with two attached hydrogens (primary N) is 2. The van der Waals surface area contributed by atoms with Crippen molar-refractivity contribution >= 4 is 23.2 Å². The average molecular weight is 250 g/mol. The van der Waals surface area contributed by atoms with E-state index in [-0.39, 0.29) is 18.4 Å². The van der Waals surface area contributed by atoms with Crippen LogP contribution in [0.3, 0.4) is 0 Å². The van der Waals surface area contributed by atoms with Crippen molar-refractivity contribution in [3.8, 4) is 0 Å². The van der Waals surface area contributed by atoms with Gasteiger partial charge in [-0.1, -0.05) is 0 Å². The number of anilines is 2. The molecule has 0 bridgehead atoms. The summed E-state index contributed by atoms with van der Waals surface area (Å²) >= 11 is 0. The van der Waals surface area contributed by atoms with E-state index in [1.54, 1.807) is 19.1 Å². The molecule has 0 unspecified atom stereocenters. The highest BCUT2D eigenvalue weighted by Gasteiger charge is 2.18. The molecular formula is C12H18N4O2. The number of carbonyl (C=O) groups excluding carboxylic acids is 2. The molecule has 0 atom stereocenters. The Balaban J connectivity index is 2.93. The molecule has 1 rings (SSSR count). The van der Waals surface area contributed by atoms with Crippen LogP contribution in [0.4, 0.5) is 11.4 Å². The third-order valence-electron chi connectivity index (χ3n) is 2.59. The number of amides is 2. The zero-order valence-corrected chi connectivity index (χ0v) is 10.6. The van der Waals surface area contributed by atoms with Gasteiger partial charge >= 0.3 is 0 Å². The molecular weight excluding hydrogens is 232 g/mol. The third-order valence-corrected chi connectivity index (χ3v) is 2.59. The fraction of sp³-hybridized carbons (Fsp3) is 0.333. The molecule has 5 N–H and O–H groups in total. The van der Waals surface area contributed by atoms with E-state index in [0.29, 0.717) is 23.5 Å². The predicted molar refractivity (Wildman–Crippen MR) is 70.9 cm³/mol. The summed E-state index contributed by atoms with van der Waals surface area (Å²) in [5.41, 5.74) is 12.5. The van der Waals surface area contributed by atoms with Crippen LogP contribution in [0.5, 0.6) is 0 Å². The molecule has 0 fully saturated rings. The summed E-state index contributed by atoms with van der Waals surface area (Å²) in [5, 5.41) is 2.48. The first-order valence-electron chi connectivity index (χ1n) is 5.64. The maximum atomic E-state index is 12.2. The molecule has 0 radical (unpaired) electrons. The average Bonchev–Trinajstić information content (AvgIpc) is 2.34. The molecule has 6 nitrogen and oxygen atoms in total. The Morgan fingerprint density at radius 2 is 2.00 bits per heavy atom. The normalized spacial score (nSPS) is 9.89. The van der Waals surface area contributed by atoms with Crippen LogP contribution < -0.4 is 16.8 Å². The van der Waals surface area contributed by atoms with Gasteiger partial charge in [0.05, 0.1) is 12.1 Å². The molecule has 0 spiro atoms. The van der Waals surface area contributed by atoms with Gasteiger partial charge in [-0.05, 0) is 25.1 Å². The Morgan fingerprint density at radius 1 is 1.33 bits per heavy atom. The number of nitrogens with one attached hydrogen (secondary N) is 1. The molecule has 1 aromatic carbocycles. The lowest BCUT2D eigenvalue weighted by atomic mass is 10.1. The lowest BCUT2D eigenvalue weighted by Crippen LogP contribution is -2.39.